The highest BCUT2D eigenvalue weighted by atomic mass is 19.4. The van der Waals surface area contributed by atoms with Gasteiger partial charge in [0, 0.05) is 0 Å². The average Bonchev–Trinajstić information content (AvgIpc) is 2.01. The molecule has 4 N–H and O–H groups in total. The first-order chi connectivity index (χ1) is 6.31. The Bertz CT molecular complexity index is 234. The zero-order chi connectivity index (χ0) is 12.7. The lowest BCUT2D eigenvalue weighted by molar-refractivity contribution is -0.467. The summed E-state index contributed by atoms with van der Waals surface area (Å²) in [6.45, 7) is -2.72. The van der Waals surface area contributed by atoms with Crippen molar-refractivity contribution in [3.8, 4) is 0 Å². The number of alkyl halides is 6. The molecule has 0 radical (unpaired) electrons. The predicted octanol–water partition coefficient (Wildman–Crippen LogP) is -0.485. The summed E-state index contributed by atoms with van der Waals surface area (Å²) in [5.41, 5.74) is 0. The van der Waals surface area contributed by atoms with Gasteiger partial charge in [0.05, 0.1) is 0 Å². The van der Waals surface area contributed by atoms with Gasteiger partial charge in [0.25, 0.3) is 5.79 Å². The topological polar surface area (TPSA) is 80.9 Å². The Balaban J connectivity index is 5.38. The number of hydrogen-bond acceptors (Lipinski definition) is 4. The van der Waals surface area contributed by atoms with E-state index in [4.69, 9.17) is 20.4 Å². The molecule has 0 saturated heterocycles. The van der Waals surface area contributed by atoms with Gasteiger partial charge < -0.3 is 20.4 Å². The fraction of sp³-hybridized carbons (Fsp3) is 1.00. The monoisotopic (exact) mass is 244 g/mol. The third-order valence-corrected chi connectivity index (χ3v) is 1.52. The molecule has 4 nitrogen and oxygen atoms in total. The quantitative estimate of drug-likeness (QED) is 0.399. The molecule has 0 aromatic carbocycles. The van der Waals surface area contributed by atoms with Crippen LogP contribution in [0.5, 0.6) is 0 Å². The predicted molar refractivity (Wildman–Crippen MR) is 31.3 cm³/mol. The van der Waals surface area contributed by atoms with Gasteiger partial charge in [0.2, 0.25) is 0 Å². The summed E-state index contributed by atoms with van der Waals surface area (Å²) in [6.07, 6.45) is -6.29. The Morgan fingerprint density at radius 1 is 0.800 bits per heavy atom. The second-order valence-corrected chi connectivity index (χ2v) is 2.69. The van der Waals surface area contributed by atoms with Crippen molar-refractivity contribution in [2.24, 2.45) is 0 Å². The van der Waals surface area contributed by atoms with Crippen LogP contribution in [0.2, 0.25) is 0 Å². The molecule has 0 aliphatic rings. The van der Waals surface area contributed by atoms with E-state index < -0.39 is 30.3 Å². The number of rotatable bonds is 3. The minimum absolute atomic E-state index is 2.72. The van der Waals surface area contributed by atoms with Crippen molar-refractivity contribution in [3.05, 3.63) is 0 Å². The minimum Gasteiger partial charge on any atom is -0.359 e. The fourth-order valence-electron chi connectivity index (χ4n) is 0.541. The smallest absolute Gasteiger partial charge is 0.359 e. The summed E-state index contributed by atoms with van der Waals surface area (Å²) in [5.74, 6) is -16.5. The van der Waals surface area contributed by atoms with E-state index in [9.17, 15) is 26.3 Å². The van der Waals surface area contributed by atoms with Gasteiger partial charge >= 0.3 is 17.9 Å². The zero-order valence-electron chi connectivity index (χ0n) is 6.76. The van der Waals surface area contributed by atoms with E-state index in [2.05, 4.69) is 0 Å². The van der Waals surface area contributed by atoms with Crippen LogP contribution in [0.4, 0.5) is 26.3 Å². The molecule has 0 aromatic heterocycles. The van der Waals surface area contributed by atoms with Crippen molar-refractivity contribution < 1.29 is 46.8 Å². The maximum Gasteiger partial charge on any atom is 0.449 e. The van der Waals surface area contributed by atoms with Crippen LogP contribution < -0.4 is 0 Å². The Morgan fingerprint density at radius 3 is 1.33 bits per heavy atom. The molecule has 0 aliphatic carbocycles. The van der Waals surface area contributed by atoms with E-state index in [0.29, 0.717) is 0 Å². The summed E-state index contributed by atoms with van der Waals surface area (Å²) in [6, 6.07) is 0. The minimum atomic E-state index is -6.29. The van der Waals surface area contributed by atoms with E-state index in [-0.39, 0.29) is 0 Å². The maximum absolute atomic E-state index is 12.5. The molecule has 0 atom stereocenters. The molecule has 0 spiro atoms. The molecule has 0 unspecified atom stereocenters. The highest BCUT2D eigenvalue weighted by molar-refractivity contribution is 4.98. The molecule has 0 amide bonds. The molecule has 0 heterocycles. The van der Waals surface area contributed by atoms with E-state index >= 15 is 0 Å². The first-order valence-electron chi connectivity index (χ1n) is 3.21. The summed E-state index contributed by atoms with van der Waals surface area (Å²) in [4.78, 5) is 0. The zero-order valence-corrected chi connectivity index (χ0v) is 6.76. The lowest BCUT2D eigenvalue weighted by atomic mass is 10.00. The summed E-state index contributed by atoms with van der Waals surface area (Å²) in [7, 11) is 0. The number of aliphatic hydroxyl groups is 4. The van der Waals surface area contributed by atoms with Gasteiger partial charge in [-0.1, -0.05) is 0 Å². The van der Waals surface area contributed by atoms with Gasteiger partial charge in [-0.15, -0.1) is 0 Å². The van der Waals surface area contributed by atoms with Crippen LogP contribution >= 0.6 is 0 Å². The summed E-state index contributed by atoms with van der Waals surface area (Å²) in [5, 5.41) is 32.4. The highest BCUT2D eigenvalue weighted by Crippen LogP contribution is 2.45. The third kappa shape index (κ3) is 2.02. The van der Waals surface area contributed by atoms with Gasteiger partial charge in [0.15, 0.2) is 0 Å². The van der Waals surface area contributed by atoms with Crippen molar-refractivity contribution in [1.82, 2.24) is 0 Å². The summed E-state index contributed by atoms with van der Waals surface area (Å²) >= 11 is 0. The SMILES string of the molecule is OC(O)(CF)C(F)(F)C(O)(O)C(F)(F)F. The number of halogens is 6. The Labute approximate surface area is 78.4 Å². The Hall–Kier alpha value is -0.580. The molecule has 0 bridgehead atoms. The maximum atomic E-state index is 12.5. The van der Waals surface area contributed by atoms with Crippen LogP contribution in [0.1, 0.15) is 0 Å². The Morgan fingerprint density at radius 2 is 1.13 bits per heavy atom. The molecular weight excluding hydrogens is 238 g/mol. The lowest BCUT2D eigenvalue weighted by Crippen LogP contribution is -2.69. The molecule has 15 heavy (non-hydrogen) atoms. The largest absolute Gasteiger partial charge is 0.449 e. The van der Waals surface area contributed by atoms with Crippen LogP contribution in [0, 0.1) is 0 Å². The molecular formula is C5H6F6O4. The third-order valence-electron chi connectivity index (χ3n) is 1.52. The second kappa shape index (κ2) is 3.47. The van der Waals surface area contributed by atoms with E-state index in [1.807, 2.05) is 0 Å². The standard InChI is InChI=1S/C5H6F6O4/c6-1-2(12,13)3(7,8)4(14,15)5(9,10)11/h12-15H,1H2. The fourth-order valence-corrected chi connectivity index (χ4v) is 0.541. The van der Waals surface area contributed by atoms with Crippen LogP contribution in [-0.2, 0) is 0 Å². The molecule has 10 heteroatoms. The molecule has 0 aromatic rings. The van der Waals surface area contributed by atoms with E-state index in [0.717, 1.165) is 0 Å². The first kappa shape index (κ1) is 14.4. The van der Waals surface area contributed by atoms with Gasteiger partial charge in [-0.2, -0.15) is 22.0 Å². The van der Waals surface area contributed by atoms with Crippen LogP contribution in [0.25, 0.3) is 0 Å². The molecule has 92 valence electrons. The van der Waals surface area contributed by atoms with Crippen LogP contribution in [-0.4, -0.2) is 50.8 Å². The van der Waals surface area contributed by atoms with Gasteiger partial charge in [-0.25, -0.2) is 4.39 Å². The van der Waals surface area contributed by atoms with Gasteiger partial charge in [-0.3, -0.25) is 0 Å². The van der Waals surface area contributed by atoms with E-state index in [1.54, 1.807) is 0 Å². The molecule has 0 rings (SSSR count). The van der Waals surface area contributed by atoms with Crippen molar-refractivity contribution in [2.45, 2.75) is 23.7 Å². The second-order valence-electron chi connectivity index (χ2n) is 2.69. The van der Waals surface area contributed by atoms with Crippen LogP contribution in [0.15, 0.2) is 0 Å². The van der Waals surface area contributed by atoms with Gasteiger partial charge in [0.1, 0.15) is 6.67 Å². The van der Waals surface area contributed by atoms with E-state index in [1.165, 1.54) is 0 Å². The first-order valence-corrected chi connectivity index (χ1v) is 3.21. The molecule has 0 saturated carbocycles. The average molecular weight is 244 g/mol. The normalized spacial score (nSPS) is 15.6. The van der Waals surface area contributed by atoms with Crippen molar-refractivity contribution in [3.63, 3.8) is 0 Å². The van der Waals surface area contributed by atoms with Crippen LogP contribution in [0.3, 0.4) is 0 Å². The van der Waals surface area contributed by atoms with Crippen molar-refractivity contribution in [2.75, 3.05) is 6.67 Å². The highest BCUT2D eigenvalue weighted by Gasteiger charge is 2.76. The molecule has 0 fully saturated rings. The Kier molecular flexibility index (Phi) is 3.34. The van der Waals surface area contributed by atoms with Gasteiger partial charge in [-0.05, 0) is 0 Å². The van der Waals surface area contributed by atoms with Crippen molar-refractivity contribution in [1.29, 1.82) is 0 Å². The van der Waals surface area contributed by atoms with Crippen molar-refractivity contribution >= 4 is 0 Å². The summed E-state index contributed by atoms with van der Waals surface area (Å²) < 4.78 is 71.7. The lowest BCUT2D eigenvalue weighted by Gasteiger charge is -2.37. The molecule has 0 aliphatic heterocycles. The number of hydrogen-bond donors (Lipinski definition) is 4.